The van der Waals surface area contributed by atoms with Crippen molar-refractivity contribution in [3.8, 4) is 0 Å². The van der Waals surface area contributed by atoms with Crippen molar-refractivity contribution in [2.24, 2.45) is 5.92 Å². The number of aryl methyl sites for hydroxylation is 1. The van der Waals surface area contributed by atoms with Crippen molar-refractivity contribution in [3.63, 3.8) is 0 Å². The van der Waals surface area contributed by atoms with Crippen LogP contribution in [0.25, 0.3) is 0 Å². The van der Waals surface area contributed by atoms with Crippen molar-refractivity contribution < 1.29 is 0 Å². The second-order valence-corrected chi connectivity index (χ2v) is 5.03. The summed E-state index contributed by atoms with van der Waals surface area (Å²) in [5, 5.41) is 7.20. The van der Waals surface area contributed by atoms with E-state index in [0.717, 1.165) is 31.0 Å². The van der Waals surface area contributed by atoms with E-state index in [1.807, 2.05) is 6.07 Å². The van der Waals surface area contributed by atoms with Gasteiger partial charge in [-0.2, -0.15) is 0 Å². The van der Waals surface area contributed by atoms with Crippen LogP contribution in [0.2, 0.25) is 0 Å². The lowest BCUT2D eigenvalue weighted by Gasteiger charge is -2.11. The maximum Gasteiger partial charge on any atom is 0.166 e. The Balaban J connectivity index is 2.06. The Morgan fingerprint density at radius 3 is 2.53 bits per heavy atom. The molecule has 0 aliphatic heterocycles. The Morgan fingerprint density at radius 1 is 1.18 bits per heavy atom. The summed E-state index contributed by atoms with van der Waals surface area (Å²) in [7, 11) is 0. The molecule has 0 aliphatic carbocycles. The summed E-state index contributed by atoms with van der Waals surface area (Å²) in [4.78, 5) is 0. The van der Waals surface area contributed by atoms with Crippen LogP contribution in [0.1, 0.15) is 25.8 Å². The molecule has 2 nitrogen and oxygen atoms in total. The highest BCUT2D eigenvalue weighted by molar-refractivity contribution is 7.80. The summed E-state index contributed by atoms with van der Waals surface area (Å²) in [6.07, 6.45) is 2.20. The van der Waals surface area contributed by atoms with Gasteiger partial charge in [-0.1, -0.05) is 44.2 Å². The largest absolute Gasteiger partial charge is 0.363 e. The predicted octanol–water partition coefficient (Wildman–Crippen LogP) is 2.74. The normalized spacial score (nSPS) is 10.3. The first-order chi connectivity index (χ1) is 8.18. The van der Waals surface area contributed by atoms with Crippen molar-refractivity contribution in [1.82, 2.24) is 10.6 Å². The molecule has 17 heavy (non-hydrogen) atoms. The van der Waals surface area contributed by atoms with E-state index in [-0.39, 0.29) is 0 Å². The highest BCUT2D eigenvalue weighted by atomic mass is 32.1. The summed E-state index contributed by atoms with van der Waals surface area (Å²) < 4.78 is 0. The van der Waals surface area contributed by atoms with E-state index in [0.29, 0.717) is 5.92 Å². The lowest BCUT2D eigenvalue weighted by atomic mass is 10.1. The lowest BCUT2D eigenvalue weighted by Crippen LogP contribution is -2.37. The first kappa shape index (κ1) is 14.0. The summed E-state index contributed by atoms with van der Waals surface area (Å²) in [6.45, 7) is 6.21. The molecule has 1 rings (SSSR count). The van der Waals surface area contributed by atoms with Crippen molar-refractivity contribution >= 4 is 17.3 Å². The molecule has 0 bridgehead atoms. The SMILES string of the molecule is CC(C)CNC(=S)NCCCc1ccccc1. The smallest absolute Gasteiger partial charge is 0.166 e. The van der Waals surface area contributed by atoms with Crippen LogP contribution in [0.4, 0.5) is 0 Å². The van der Waals surface area contributed by atoms with Gasteiger partial charge in [0.05, 0.1) is 0 Å². The van der Waals surface area contributed by atoms with Gasteiger partial charge in [0.25, 0.3) is 0 Å². The first-order valence-corrected chi connectivity index (χ1v) is 6.65. The summed E-state index contributed by atoms with van der Waals surface area (Å²) in [6, 6.07) is 10.5. The van der Waals surface area contributed by atoms with Gasteiger partial charge in [0.15, 0.2) is 5.11 Å². The molecule has 94 valence electrons. The molecule has 1 aromatic rings. The van der Waals surface area contributed by atoms with Gasteiger partial charge in [-0.3, -0.25) is 0 Å². The second-order valence-electron chi connectivity index (χ2n) is 4.62. The predicted molar refractivity (Wildman–Crippen MR) is 78.2 cm³/mol. The van der Waals surface area contributed by atoms with E-state index in [1.165, 1.54) is 5.56 Å². The molecule has 0 saturated carbocycles. The number of hydrogen-bond donors (Lipinski definition) is 2. The van der Waals surface area contributed by atoms with E-state index >= 15 is 0 Å². The molecule has 2 N–H and O–H groups in total. The first-order valence-electron chi connectivity index (χ1n) is 6.24. The van der Waals surface area contributed by atoms with Gasteiger partial charge in [-0.05, 0) is 36.5 Å². The standard InChI is InChI=1S/C14H22N2S/c1-12(2)11-16-14(17)15-10-6-9-13-7-4-3-5-8-13/h3-5,7-8,12H,6,9-11H2,1-2H3,(H2,15,16,17). The van der Waals surface area contributed by atoms with Crippen LogP contribution in [-0.2, 0) is 6.42 Å². The summed E-state index contributed by atoms with van der Waals surface area (Å²) in [5.74, 6) is 0.624. The zero-order chi connectivity index (χ0) is 12.5. The van der Waals surface area contributed by atoms with E-state index in [4.69, 9.17) is 12.2 Å². The van der Waals surface area contributed by atoms with Crippen LogP contribution in [0, 0.1) is 5.92 Å². The van der Waals surface area contributed by atoms with Crippen molar-refractivity contribution in [2.75, 3.05) is 13.1 Å². The van der Waals surface area contributed by atoms with Gasteiger partial charge < -0.3 is 10.6 Å². The molecule has 0 unspecified atom stereocenters. The highest BCUT2D eigenvalue weighted by Crippen LogP contribution is 2.01. The molecule has 0 spiro atoms. The zero-order valence-corrected chi connectivity index (χ0v) is 11.5. The zero-order valence-electron chi connectivity index (χ0n) is 10.7. The molecule has 0 atom stereocenters. The molecule has 0 heterocycles. The van der Waals surface area contributed by atoms with Gasteiger partial charge in [0, 0.05) is 13.1 Å². The molecule has 0 fully saturated rings. The molecule has 1 aromatic carbocycles. The number of thiocarbonyl (C=S) groups is 1. The van der Waals surface area contributed by atoms with Gasteiger partial charge in [-0.25, -0.2) is 0 Å². The average Bonchev–Trinajstić information content (AvgIpc) is 2.33. The number of nitrogens with one attached hydrogen (secondary N) is 2. The third kappa shape index (κ3) is 6.95. The van der Waals surface area contributed by atoms with Crippen LogP contribution in [-0.4, -0.2) is 18.2 Å². The molecule has 0 amide bonds. The van der Waals surface area contributed by atoms with Crippen LogP contribution in [0.5, 0.6) is 0 Å². The Hall–Kier alpha value is -1.09. The Kier molecular flexibility index (Phi) is 6.63. The fourth-order valence-corrected chi connectivity index (χ4v) is 1.68. The van der Waals surface area contributed by atoms with Gasteiger partial charge in [-0.15, -0.1) is 0 Å². The molecular weight excluding hydrogens is 228 g/mol. The summed E-state index contributed by atoms with van der Waals surface area (Å²) in [5.41, 5.74) is 1.38. The Labute approximate surface area is 110 Å². The van der Waals surface area contributed by atoms with Crippen molar-refractivity contribution in [3.05, 3.63) is 35.9 Å². The molecular formula is C14H22N2S. The highest BCUT2D eigenvalue weighted by Gasteiger charge is 1.97. The third-order valence-corrected chi connectivity index (χ3v) is 2.73. The Bertz CT molecular complexity index is 322. The van der Waals surface area contributed by atoms with Crippen LogP contribution in [0.15, 0.2) is 30.3 Å². The van der Waals surface area contributed by atoms with Crippen LogP contribution >= 0.6 is 12.2 Å². The Morgan fingerprint density at radius 2 is 1.88 bits per heavy atom. The van der Waals surface area contributed by atoms with Crippen LogP contribution < -0.4 is 10.6 Å². The quantitative estimate of drug-likeness (QED) is 0.600. The van der Waals surface area contributed by atoms with Crippen LogP contribution in [0.3, 0.4) is 0 Å². The molecule has 3 heteroatoms. The minimum Gasteiger partial charge on any atom is -0.363 e. The average molecular weight is 250 g/mol. The van der Waals surface area contributed by atoms with Gasteiger partial charge in [0.1, 0.15) is 0 Å². The minimum absolute atomic E-state index is 0.624. The molecule has 0 aromatic heterocycles. The number of rotatable bonds is 6. The molecule has 0 radical (unpaired) electrons. The number of benzene rings is 1. The third-order valence-electron chi connectivity index (χ3n) is 2.44. The second kappa shape index (κ2) is 8.07. The van der Waals surface area contributed by atoms with E-state index in [9.17, 15) is 0 Å². The number of hydrogen-bond acceptors (Lipinski definition) is 1. The fourth-order valence-electron chi connectivity index (χ4n) is 1.50. The minimum atomic E-state index is 0.624. The maximum atomic E-state index is 5.18. The maximum absolute atomic E-state index is 5.18. The lowest BCUT2D eigenvalue weighted by molar-refractivity contribution is 0.617. The van der Waals surface area contributed by atoms with E-state index < -0.39 is 0 Å². The van der Waals surface area contributed by atoms with Crippen molar-refractivity contribution in [2.45, 2.75) is 26.7 Å². The van der Waals surface area contributed by atoms with E-state index in [2.05, 4.69) is 48.7 Å². The van der Waals surface area contributed by atoms with E-state index in [1.54, 1.807) is 0 Å². The van der Waals surface area contributed by atoms with Gasteiger partial charge >= 0.3 is 0 Å². The molecule has 0 aliphatic rings. The topological polar surface area (TPSA) is 24.1 Å². The molecule has 0 saturated heterocycles. The summed E-state index contributed by atoms with van der Waals surface area (Å²) >= 11 is 5.18. The fraction of sp³-hybridized carbons (Fsp3) is 0.500. The van der Waals surface area contributed by atoms with Crippen molar-refractivity contribution in [1.29, 1.82) is 0 Å². The monoisotopic (exact) mass is 250 g/mol. The van der Waals surface area contributed by atoms with Gasteiger partial charge in [0.2, 0.25) is 0 Å².